The van der Waals surface area contributed by atoms with Gasteiger partial charge in [-0.05, 0) is 40.5 Å². The van der Waals surface area contributed by atoms with Crippen LogP contribution in [0.1, 0.15) is 5.56 Å². The molecule has 1 N–H and O–H groups in total. The lowest BCUT2D eigenvalue weighted by molar-refractivity contribution is 1.35. The molecule has 0 aromatic heterocycles. The predicted octanol–water partition coefficient (Wildman–Crippen LogP) is 3.65. The summed E-state index contributed by atoms with van der Waals surface area (Å²) in [6, 6.07) is 8.43. The quantitative estimate of drug-likeness (QED) is 0.843. The van der Waals surface area contributed by atoms with Gasteiger partial charge in [0.05, 0.1) is 5.02 Å². The highest BCUT2D eigenvalue weighted by Crippen LogP contribution is 2.30. The van der Waals surface area contributed by atoms with Crippen LogP contribution in [0.3, 0.4) is 0 Å². The van der Waals surface area contributed by atoms with E-state index in [9.17, 15) is 0 Å². The van der Waals surface area contributed by atoms with E-state index in [4.69, 9.17) is 27.4 Å². The van der Waals surface area contributed by atoms with Gasteiger partial charge in [0.1, 0.15) is 23.9 Å². The number of hydrogen-bond acceptors (Lipinski definition) is 4. The first-order chi connectivity index (χ1) is 8.53. The molecule has 0 aliphatic heterocycles. The number of halogens is 2. The van der Waals surface area contributed by atoms with Gasteiger partial charge in [0, 0.05) is 10.2 Å². The molecule has 0 aliphatic carbocycles. The molecule has 0 aliphatic rings. The van der Waals surface area contributed by atoms with Crippen LogP contribution >= 0.6 is 27.5 Å². The highest BCUT2D eigenvalue weighted by atomic mass is 79.9. The molecule has 4 nitrogen and oxygen atoms in total. The molecule has 0 unspecified atom stereocenters. The first kappa shape index (κ1) is 14.1. The van der Waals surface area contributed by atoms with Crippen molar-refractivity contribution in [3.05, 3.63) is 38.5 Å². The maximum absolute atomic E-state index is 8.90. The molecule has 1 rings (SSSR count). The fourth-order valence-corrected chi connectivity index (χ4v) is 1.72. The van der Waals surface area contributed by atoms with Crippen LogP contribution in [0.5, 0.6) is 0 Å². The van der Waals surface area contributed by atoms with Crippen molar-refractivity contribution in [3.63, 3.8) is 0 Å². The topological polar surface area (TPSA) is 83.4 Å². The van der Waals surface area contributed by atoms with Crippen molar-refractivity contribution in [3.8, 4) is 18.2 Å². The van der Waals surface area contributed by atoms with Gasteiger partial charge in [-0.3, -0.25) is 0 Å². The number of anilines is 1. The van der Waals surface area contributed by atoms with Gasteiger partial charge >= 0.3 is 0 Å². The Morgan fingerprint density at radius 3 is 2.28 bits per heavy atom. The molecule has 6 heteroatoms. The third kappa shape index (κ3) is 3.02. The molecule has 0 saturated heterocycles. The summed E-state index contributed by atoms with van der Waals surface area (Å²) in [5.74, 6) is 0. The standard InChI is InChI=1S/C12H6BrClN4/c1-7-2-9(3-10(14)12(7)13)18-11(6-17)8(4-15)5-16/h2-3,18H,1H3. The molecule has 18 heavy (non-hydrogen) atoms. The lowest BCUT2D eigenvalue weighted by atomic mass is 10.2. The molecule has 0 saturated carbocycles. The van der Waals surface area contributed by atoms with Crippen LogP contribution in [0.15, 0.2) is 27.9 Å². The van der Waals surface area contributed by atoms with Crippen LogP contribution < -0.4 is 5.32 Å². The Bertz CT molecular complexity index is 605. The van der Waals surface area contributed by atoms with E-state index >= 15 is 0 Å². The van der Waals surface area contributed by atoms with Crippen LogP contribution in [0, 0.1) is 40.9 Å². The summed E-state index contributed by atoms with van der Waals surface area (Å²) in [6.45, 7) is 1.84. The molecule has 0 fully saturated rings. The van der Waals surface area contributed by atoms with Gasteiger partial charge in [-0.1, -0.05) is 11.6 Å². The van der Waals surface area contributed by atoms with Gasteiger partial charge in [-0.25, -0.2) is 0 Å². The SMILES string of the molecule is Cc1cc(NC(C#N)=C(C#N)C#N)cc(Cl)c1Br. The maximum atomic E-state index is 8.90. The fraction of sp³-hybridized carbons (Fsp3) is 0.0833. The summed E-state index contributed by atoms with van der Waals surface area (Å²) in [4.78, 5) is 0. The normalized spacial score (nSPS) is 8.67. The first-order valence-corrected chi connectivity index (χ1v) is 5.87. The van der Waals surface area contributed by atoms with E-state index in [-0.39, 0.29) is 11.3 Å². The summed E-state index contributed by atoms with van der Waals surface area (Å²) in [5.41, 5.74) is 1.05. The van der Waals surface area contributed by atoms with Crippen LogP contribution in [-0.2, 0) is 0 Å². The molecule has 0 bridgehead atoms. The minimum absolute atomic E-state index is 0.0993. The number of hydrogen-bond donors (Lipinski definition) is 1. The number of aryl methyl sites for hydroxylation is 1. The maximum Gasteiger partial charge on any atom is 0.163 e. The van der Waals surface area contributed by atoms with Crippen LogP contribution in [-0.4, -0.2) is 0 Å². The van der Waals surface area contributed by atoms with Crippen molar-refractivity contribution < 1.29 is 0 Å². The zero-order chi connectivity index (χ0) is 13.7. The molecular weight excluding hydrogens is 316 g/mol. The Morgan fingerprint density at radius 1 is 1.22 bits per heavy atom. The van der Waals surface area contributed by atoms with E-state index in [1.54, 1.807) is 30.3 Å². The summed E-state index contributed by atoms with van der Waals surface area (Å²) in [5, 5.41) is 29.5. The van der Waals surface area contributed by atoms with Gasteiger partial charge in [0.15, 0.2) is 5.57 Å². The Labute approximate surface area is 118 Å². The highest BCUT2D eigenvalue weighted by molar-refractivity contribution is 9.10. The van der Waals surface area contributed by atoms with E-state index in [2.05, 4.69) is 21.2 Å². The van der Waals surface area contributed by atoms with Crippen molar-refractivity contribution in [2.24, 2.45) is 0 Å². The third-order valence-corrected chi connectivity index (χ3v) is 3.64. The Kier molecular flexibility index (Phi) is 4.75. The van der Waals surface area contributed by atoms with Gasteiger partial charge in [-0.2, -0.15) is 15.8 Å². The number of nitrogens with one attached hydrogen (secondary N) is 1. The Morgan fingerprint density at radius 2 is 1.83 bits per heavy atom. The van der Waals surface area contributed by atoms with Gasteiger partial charge in [0.2, 0.25) is 0 Å². The first-order valence-electron chi connectivity index (χ1n) is 4.70. The Balaban J connectivity index is 3.22. The molecule has 0 spiro atoms. The second-order valence-electron chi connectivity index (χ2n) is 3.30. The van der Waals surface area contributed by atoms with E-state index in [0.717, 1.165) is 10.0 Å². The van der Waals surface area contributed by atoms with Gasteiger partial charge in [0.25, 0.3) is 0 Å². The van der Waals surface area contributed by atoms with Gasteiger partial charge < -0.3 is 5.32 Å². The van der Waals surface area contributed by atoms with Crippen molar-refractivity contribution in [2.75, 3.05) is 5.32 Å². The van der Waals surface area contributed by atoms with E-state index < -0.39 is 0 Å². The van der Waals surface area contributed by atoms with Crippen molar-refractivity contribution in [1.29, 1.82) is 15.8 Å². The van der Waals surface area contributed by atoms with E-state index in [1.165, 1.54) is 0 Å². The van der Waals surface area contributed by atoms with Crippen LogP contribution in [0.4, 0.5) is 5.69 Å². The average molecular weight is 322 g/mol. The van der Waals surface area contributed by atoms with Gasteiger partial charge in [-0.15, -0.1) is 0 Å². The summed E-state index contributed by atoms with van der Waals surface area (Å²) >= 11 is 9.29. The minimum Gasteiger partial charge on any atom is -0.345 e. The zero-order valence-electron chi connectivity index (χ0n) is 9.25. The number of nitrogens with zero attached hydrogens (tertiary/aromatic N) is 3. The van der Waals surface area contributed by atoms with E-state index in [0.29, 0.717) is 10.7 Å². The number of nitriles is 3. The molecule has 88 valence electrons. The van der Waals surface area contributed by atoms with Crippen molar-refractivity contribution in [2.45, 2.75) is 6.92 Å². The largest absolute Gasteiger partial charge is 0.345 e. The molecule has 0 heterocycles. The summed E-state index contributed by atoms with van der Waals surface area (Å²) < 4.78 is 0.762. The smallest absolute Gasteiger partial charge is 0.163 e. The molecule has 0 amide bonds. The molecule has 1 aromatic carbocycles. The third-order valence-electron chi connectivity index (χ3n) is 2.06. The highest BCUT2D eigenvalue weighted by Gasteiger charge is 2.08. The van der Waals surface area contributed by atoms with Crippen LogP contribution in [0.25, 0.3) is 0 Å². The molecule has 0 atom stereocenters. The minimum atomic E-state index is -0.269. The molecular formula is C12H6BrClN4. The number of benzene rings is 1. The average Bonchev–Trinajstić information content (AvgIpc) is 2.35. The van der Waals surface area contributed by atoms with E-state index in [1.807, 2.05) is 6.92 Å². The Hall–Kier alpha value is -2.00. The summed E-state index contributed by atoms with van der Waals surface area (Å²) in [6.07, 6.45) is 0. The predicted molar refractivity (Wildman–Crippen MR) is 71.4 cm³/mol. The van der Waals surface area contributed by atoms with Crippen molar-refractivity contribution in [1.82, 2.24) is 0 Å². The fourth-order valence-electron chi connectivity index (χ4n) is 1.23. The lowest BCUT2D eigenvalue weighted by Gasteiger charge is -2.08. The number of allylic oxidation sites excluding steroid dienone is 2. The monoisotopic (exact) mass is 320 g/mol. The summed E-state index contributed by atoms with van der Waals surface area (Å²) in [7, 11) is 0. The zero-order valence-corrected chi connectivity index (χ0v) is 11.6. The second-order valence-corrected chi connectivity index (χ2v) is 4.50. The molecule has 1 aromatic rings. The number of rotatable bonds is 2. The second kappa shape index (κ2) is 6.07. The van der Waals surface area contributed by atoms with Crippen molar-refractivity contribution >= 4 is 33.2 Å². The molecule has 0 radical (unpaired) electrons. The lowest BCUT2D eigenvalue weighted by Crippen LogP contribution is -2.01. The van der Waals surface area contributed by atoms with Crippen LogP contribution in [0.2, 0.25) is 5.02 Å².